The van der Waals surface area contributed by atoms with Gasteiger partial charge in [-0.1, -0.05) is 65.9 Å². The highest BCUT2D eigenvalue weighted by Crippen LogP contribution is 2.32. The first-order chi connectivity index (χ1) is 12.7. The maximum atomic E-state index is 12.4. The highest BCUT2D eigenvalue weighted by molar-refractivity contribution is 7.21. The van der Waals surface area contributed by atoms with Crippen molar-refractivity contribution in [3.63, 3.8) is 0 Å². The highest BCUT2D eigenvalue weighted by atomic mass is 32.1. The predicted molar refractivity (Wildman–Crippen MR) is 98.2 cm³/mol. The molecular weight excluding hydrogens is 348 g/mol. The lowest BCUT2D eigenvalue weighted by molar-refractivity contribution is 0.0990. The molecule has 2 aromatic heterocycles. The molecule has 0 saturated carbocycles. The molecule has 0 bridgehead atoms. The summed E-state index contributed by atoms with van der Waals surface area (Å²) in [5.41, 5.74) is 2.30. The van der Waals surface area contributed by atoms with Gasteiger partial charge in [0.05, 0.1) is 5.57 Å². The summed E-state index contributed by atoms with van der Waals surface area (Å²) in [6.45, 7) is 0. The van der Waals surface area contributed by atoms with E-state index in [-0.39, 0.29) is 23.0 Å². The van der Waals surface area contributed by atoms with Gasteiger partial charge in [0, 0.05) is 22.8 Å². The number of oxazole rings is 1. The lowest BCUT2D eigenvalue weighted by Crippen LogP contribution is -2.00. The summed E-state index contributed by atoms with van der Waals surface area (Å²) in [7, 11) is 0. The van der Waals surface area contributed by atoms with Crippen molar-refractivity contribution in [2.24, 2.45) is 0 Å². The van der Waals surface area contributed by atoms with Crippen molar-refractivity contribution in [1.82, 2.24) is 9.97 Å². The Morgan fingerprint density at radius 1 is 0.846 bits per heavy atom. The molecule has 0 radical (unpaired) electrons. The summed E-state index contributed by atoms with van der Waals surface area (Å²) in [5, 5.41) is 0.812. The second-order valence-corrected chi connectivity index (χ2v) is 6.79. The number of aromatic nitrogens is 2. The molecule has 5 rings (SSSR count). The third-order valence-electron chi connectivity index (χ3n) is 4.19. The molecule has 4 aromatic rings. The lowest BCUT2D eigenvalue weighted by Gasteiger charge is -1.93. The fourth-order valence-electron chi connectivity index (χ4n) is 2.95. The predicted octanol–water partition coefficient (Wildman–Crippen LogP) is 4.41. The van der Waals surface area contributed by atoms with Crippen LogP contribution in [0.1, 0.15) is 26.6 Å². The second kappa shape index (κ2) is 5.57. The summed E-state index contributed by atoms with van der Waals surface area (Å²) in [6, 6.07) is 16.5. The normalized spacial score (nSPS) is 13.5. The first kappa shape index (κ1) is 14.9. The Bertz CT molecular complexity index is 1150. The molecule has 0 N–H and O–H groups in total. The number of nitrogens with zero attached hydrogens (tertiary/aromatic N) is 2. The Kier molecular flexibility index (Phi) is 3.20. The number of rotatable bonds is 2. The molecular formula is C20H10N2O3S. The van der Waals surface area contributed by atoms with Gasteiger partial charge in [-0.3, -0.25) is 9.59 Å². The summed E-state index contributed by atoms with van der Waals surface area (Å²) in [4.78, 5) is 34.3. The van der Waals surface area contributed by atoms with Gasteiger partial charge in [-0.05, 0) is 0 Å². The Morgan fingerprint density at radius 3 is 2.15 bits per heavy atom. The van der Waals surface area contributed by atoms with Crippen LogP contribution in [-0.2, 0) is 0 Å². The summed E-state index contributed by atoms with van der Waals surface area (Å²) < 4.78 is 5.63. The van der Waals surface area contributed by atoms with E-state index < -0.39 is 0 Å². The van der Waals surface area contributed by atoms with Gasteiger partial charge in [-0.15, -0.1) is 0 Å². The number of hydrogen-bond donors (Lipinski definition) is 0. The Balaban J connectivity index is 1.53. The van der Waals surface area contributed by atoms with E-state index in [0.717, 1.165) is 10.6 Å². The summed E-state index contributed by atoms with van der Waals surface area (Å²) in [6.07, 6.45) is 1.40. The number of fused-ring (bicyclic) bond motifs is 2. The molecule has 6 heteroatoms. The van der Waals surface area contributed by atoms with Crippen LogP contribution < -0.4 is 0 Å². The molecule has 0 fully saturated rings. The number of hydrogen-bond acceptors (Lipinski definition) is 6. The third-order valence-corrected chi connectivity index (χ3v) is 5.17. The number of thiazole rings is 1. The average molecular weight is 358 g/mol. The topological polar surface area (TPSA) is 73.1 Å². The van der Waals surface area contributed by atoms with Crippen LogP contribution in [0, 0.1) is 0 Å². The zero-order valence-corrected chi connectivity index (χ0v) is 14.1. The van der Waals surface area contributed by atoms with Gasteiger partial charge in [0.1, 0.15) is 5.01 Å². The van der Waals surface area contributed by atoms with E-state index in [4.69, 9.17) is 4.42 Å². The standard InChI is InChI=1S/C20H10N2O3S/c23-16-12-8-4-5-9-13(12)17(24)14(16)10-15-21-20-18(25-15)22-19(26-20)11-6-2-1-3-7-11/h1-10H. The van der Waals surface area contributed by atoms with Crippen LogP contribution in [0.4, 0.5) is 0 Å². The molecule has 0 amide bonds. The van der Waals surface area contributed by atoms with E-state index in [9.17, 15) is 9.59 Å². The first-order valence-corrected chi connectivity index (χ1v) is 8.75. The van der Waals surface area contributed by atoms with Crippen molar-refractivity contribution in [3.05, 3.63) is 77.2 Å². The van der Waals surface area contributed by atoms with E-state index in [1.807, 2.05) is 30.3 Å². The zero-order chi connectivity index (χ0) is 17.7. The van der Waals surface area contributed by atoms with Crippen LogP contribution >= 0.6 is 11.3 Å². The van der Waals surface area contributed by atoms with Crippen molar-refractivity contribution in [2.45, 2.75) is 0 Å². The van der Waals surface area contributed by atoms with E-state index in [2.05, 4.69) is 9.97 Å². The molecule has 124 valence electrons. The largest absolute Gasteiger partial charge is 0.417 e. The highest BCUT2D eigenvalue weighted by Gasteiger charge is 2.33. The molecule has 0 unspecified atom stereocenters. The number of ketones is 2. The van der Waals surface area contributed by atoms with Gasteiger partial charge in [0.25, 0.3) is 5.71 Å². The maximum Gasteiger partial charge on any atom is 0.259 e. The van der Waals surface area contributed by atoms with Crippen molar-refractivity contribution in [3.8, 4) is 10.6 Å². The molecule has 2 heterocycles. The van der Waals surface area contributed by atoms with E-state index in [0.29, 0.717) is 21.7 Å². The first-order valence-electron chi connectivity index (χ1n) is 7.93. The SMILES string of the molecule is O=C1C(=Cc2nc3sc(-c4ccccc4)nc3o2)C(=O)c2ccccc21. The fraction of sp³-hybridized carbons (Fsp3) is 0. The van der Waals surface area contributed by atoms with Gasteiger partial charge in [0.2, 0.25) is 5.89 Å². The van der Waals surface area contributed by atoms with Crippen molar-refractivity contribution in [2.75, 3.05) is 0 Å². The molecule has 0 spiro atoms. The monoisotopic (exact) mass is 358 g/mol. The lowest BCUT2D eigenvalue weighted by atomic mass is 10.1. The zero-order valence-electron chi connectivity index (χ0n) is 13.3. The number of benzene rings is 2. The van der Waals surface area contributed by atoms with Gasteiger partial charge in [-0.2, -0.15) is 9.97 Å². The molecule has 0 aliphatic heterocycles. The fourth-order valence-corrected chi connectivity index (χ4v) is 3.83. The van der Waals surface area contributed by atoms with Gasteiger partial charge in [0.15, 0.2) is 16.4 Å². The van der Waals surface area contributed by atoms with Crippen LogP contribution in [0.25, 0.3) is 27.2 Å². The van der Waals surface area contributed by atoms with E-state index in [1.54, 1.807) is 24.3 Å². The molecule has 1 aliphatic carbocycles. The molecule has 0 atom stereocenters. The van der Waals surface area contributed by atoms with Crippen molar-refractivity contribution in [1.29, 1.82) is 0 Å². The maximum absolute atomic E-state index is 12.4. The van der Waals surface area contributed by atoms with E-state index in [1.165, 1.54) is 17.4 Å². The van der Waals surface area contributed by atoms with Crippen LogP contribution in [0.15, 0.2) is 64.6 Å². The molecule has 1 aliphatic rings. The Hall–Kier alpha value is -3.38. The molecule has 5 nitrogen and oxygen atoms in total. The van der Waals surface area contributed by atoms with Crippen LogP contribution in [-0.4, -0.2) is 21.5 Å². The van der Waals surface area contributed by atoms with Crippen molar-refractivity contribution >= 4 is 39.5 Å². The second-order valence-electron chi connectivity index (χ2n) is 5.81. The number of carbonyl (C=O) groups excluding carboxylic acids is 2. The summed E-state index contributed by atoms with van der Waals surface area (Å²) in [5.74, 6) is -0.391. The van der Waals surface area contributed by atoms with Gasteiger partial charge >= 0.3 is 0 Å². The third kappa shape index (κ3) is 2.23. The summed E-state index contributed by atoms with van der Waals surface area (Å²) >= 11 is 1.40. The molecule has 26 heavy (non-hydrogen) atoms. The Labute approximate surface area is 151 Å². The molecule has 0 saturated heterocycles. The average Bonchev–Trinajstić information content (AvgIpc) is 3.30. The van der Waals surface area contributed by atoms with Crippen LogP contribution in [0.5, 0.6) is 0 Å². The minimum Gasteiger partial charge on any atom is -0.417 e. The Morgan fingerprint density at radius 2 is 1.50 bits per heavy atom. The van der Waals surface area contributed by atoms with Crippen LogP contribution in [0.2, 0.25) is 0 Å². The minimum absolute atomic E-state index is 0.0726. The smallest absolute Gasteiger partial charge is 0.259 e. The van der Waals surface area contributed by atoms with Gasteiger partial charge < -0.3 is 4.42 Å². The van der Waals surface area contributed by atoms with Crippen molar-refractivity contribution < 1.29 is 14.0 Å². The quantitative estimate of drug-likeness (QED) is 0.392. The van der Waals surface area contributed by atoms with Gasteiger partial charge in [-0.25, -0.2) is 0 Å². The number of allylic oxidation sites excluding steroid dienone is 1. The van der Waals surface area contributed by atoms with Crippen LogP contribution in [0.3, 0.4) is 0 Å². The molecule has 2 aromatic carbocycles. The number of carbonyl (C=O) groups is 2. The minimum atomic E-state index is -0.301. The number of Topliss-reactive ketones (excluding diaryl/α,β-unsaturated/α-hetero) is 2. The van der Waals surface area contributed by atoms with E-state index >= 15 is 0 Å².